The molecular weight excluding hydrogens is 328 g/mol. The molecule has 0 amide bonds. The summed E-state index contributed by atoms with van der Waals surface area (Å²) in [6.45, 7) is 7.64. The highest BCUT2D eigenvalue weighted by Gasteiger charge is 2.13. The fourth-order valence-corrected chi connectivity index (χ4v) is 3.07. The van der Waals surface area contributed by atoms with Gasteiger partial charge in [-0.2, -0.15) is 0 Å². The number of aryl methyl sites for hydroxylation is 1. The van der Waals surface area contributed by atoms with Gasteiger partial charge in [0, 0.05) is 46.1 Å². The average molecular weight is 363 g/mol. The number of anilines is 1. The topological polar surface area (TPSA) is 58.1 Å². The van der Waals surface area contributed by atoms with Crippen molar-refractivity contribution in [3.05, 3.63) is 29.3 Å². The summed E-state index contributed by atoms with van der Waals surface area (Å²) in [6.07, 6.45) is 3.34. The number of ether oxygens (including phenoxy) is 2. The van der Waals surface area contributed by atoms with Gasteiger partial charge in [0.2, 0.25) is 0 Å². The minimum Gasteiger partial charge on any atom is -0.382 e. The lowest BCUT2D eigenvalue weighted by Crippen LogP contribution is -2.38. The highest BCUT2D eigenvalue weighted by Crippen LogP contribution is 2.26. The normalized spacial score (nSPS) is 14.3. The Hall–Kier alpha value is -1.79. The lowest BCUT2D eigenvalue weighted by atomic mass is 10.00. The van der Waals surface area contributed by atoms with Gasteiger partial charge in [0.1, 0.15) is 0 Å². The fraction of sp³-hybridized carbons (Fsp3) is 0.650. The van der Waals surface area contributed by atoms with Crippen molar-refractivity contribution in [1.82, 2.24) is 10.6 Å². The predicted molar refractivity (Wildman–Crippen MR) is 108 cm³/mol. The maximum Gasteiger partial charge on any atom is 0.191 e. The van der Waals surface area contributed by atoms with Crippen LogP contribution in [0.25, 0.3) is 0 Å². The second-order valence-electron chi connectivity index (χ2n) is 6.57. The second kappa shape index (κ2) is 11.8. The Balaban J connectivity index is 1.80. The Morgan fingerprint density at radius 1 is 1.23 bits per heavy atom. The highest BCUT2D eigenvalue weighted by molar-refractivity contribution is 5.79. The van der Waals surface area contributed by atoms with Crippen molar-refractivity contribution >= 4 is 11.6 Å². The predicted octanol–water partition coefficient (Wildman–Crippen LogP) is 2.18. The Morgan fingerprint density at radius 2 is 2.12 bits per heavy atom. The number of benzene rings is 1. The quantitative estimate of drug-likeness (QED) is 0.380. The number of aliphatic imine (C=N–C) groups is 1. The van der Waals surface area contributed by atoms with Crippen LogP contribution in [-0.2, 0) is 22.4 Å². The smallest absolute Gasteiger partial charge is 0.191 e. The molecule has 26 heavy (non-hydrogen) atoms. The molecule has 1 aromatic rings. The van der Waals surface area contributed by atoms with Crippen LogP contribution in [0.2, 0.25) is 0 Å². The van der Waals surface area contributed by atoms with Crippen LogP contribution in [-0.4, -0.2) is 59.6 Å². The summed E-state index contributed by atoms with van der Waals surface area (Å²) in [5.74, 6) is 0.860. The molecule has 0 saturated carbocycles. The molecule has 6 nitrogen and oxygen atoms in total. The average Bonchev–Trinajstić information content (AvgIpc) is 2.65. The molecule has 1 aliphatic rings. The van der Waals surface area contributed by atoms with Gasteiger partial charge in [-0.25, -0.2) is 4.99 Å². The highest BCUT2D eigenvalue weighted by atomic mass is 16.5. The molecule has 1 aliphatic heterocycles. The van der Waals surface area contributed by atoms with Gasteiger partial charge in [-0.05, 0) is 43.4 Å². The van der Waals surface area contributed by atoms with E-state index < -0.39 is 0 Å². The third-order valence-corrected chi connectivity index (χ3v) is 4.45. The van der Waals surface area contributed by atoms with E-state index in [0.717, 1.165) is 38.6 Å². The molecule has 0 aliphatic carbocycles. The molecular formula is C20H34N4O2. The first-order chi connectivity index (χ1) is 12.7. The number of methoxy groups -OCH3 is 1. The first-order valence-corrected chi connectivity index (χ1v) is 9.66. The third kappa shape index (κ3) is 6.84. The van der Waals surface area contributed by atoms with Crippen LogP contribution < -0.4 is 15.5 Å². The summed E-state index contributed by atoms with van der Waals surface area (Å²) in [5.41, 5.74) is 4.07. The zero-order chi connectivity index (χ0) is 18.6. The van der Waals surface area contributed by atoms with Crippen molar-refractivity contribution < 1.29 is 9.47 Å². The standard InChI is InChI=1S/C20H34N4O2/c1-4-21-20(22-10-6-12-26-14-13-25-3)23-16-17-8-9-19-18(15-17)7-5-11-24(19)2/h8-9,15H,4-7,10-14,16H2,1-3H3,(H2,21,22,23). The summed E-state index contributed by atoms with van der Waals surface area (Å²) in [4.78, 5) is 7.06. The van der Waals surface area contributed by atoms with Gasteiger partial charge >= 0.3 is 0 Å². The van der Waals surface area contributed by atoms with Crippen molar-refractivity contribution in [1.29, 1.82) is 0 Å². The maximum atomic E-state index is 5.48. The molecule has 1 heterocycles. The van der Waals surface area contributed by atoms with Gasteiger partial charge in [-0.3, -0.25) is 0 Å². The van der Waals surface area contributed by atoms with E-state index in [2.05, 4.69) is 47.7 Å². The molecule has 0 unspecified atom stereocenters. The van der Waals surface area contributed by atoms with Crippen LogP contribution in [0.1, 0.15) is 30.9 Å². The number of nitrogens with one attached hydrogen (secondary N) is 2. The maximum absolute atomic E-state index is 5.48. The monoisotopic (exact) mass is 362 g/mol. The Labute approximate surface area is 158 Å². The zero-order valence-electron chi connectivity index (χ0n) is 16.5. The Bertz CT molecular complexity index is 563. The van der Waals surface area contributed by atoms with Crippen LogP contribution in [0.3, 0.4) is 0 Å². The summed E-state index contributed by atoms with van der Waals surface area (Å²) in [7, 11) is 3.85. The summed E-state index contributed by atoms with van der Waals surface area (Å²) in [6, 6.07) is 6.73. The van der Waals surface area contributed by atoms with E-state index in [4.69, 9.17) is 14.5 Å². The van der Waals surface area contributed by atoms with Gasteiger partial charge in [0.05, 0.1) is 19.8 Å². The number of rotatable bonds is 10. The molecule has 2 rings (SSSR count). The first-order valence-electron chi connectivity index (χ1n) is 9.66. The molecule has 0 spiro atoms. The van der Waals surface area contributed by atoms with Gasteiger partial charge in [-0.1, -0.05) is 12.1 Å². The summed E-state index contributed by atoms with van der Waals surface area (Å²) >= 11 is 0. The lowest BCUT2D eigenvalue weighted by Gasteiger charge is -2.27. The molecule has 0 aromatic heterocycles. The van der Waals surface area contributed by atoms with Gasteiger partial charge in [-0.15, -0.1) is 0 Å². The fourth-order valence-electron chi connectivity index (χ4n) is 3.07. The zero-order valence-corrected chi connectivity index (χ0v) is 16.5. The SMILES string of the molecule is CCNC(=NCc1ccc2c(c1)CCCN2C)NCCCOCCOC. The molecule has 1 aromatic carbocycles. The summed E-state index contributed by atoms with van der Waals surface area (Å²) in [5, 5.41) is 6.67. The van der Waals surface area contributed by atoms with Crippen molar-refractivity contribution in [3.8, 4) is 0 Å². The minimum atomic E-state index is 0.647. The molecule has 0 radical (unpaired) electrons. The summed E-state index contributed by atoms with van der Waals surface area (Å²) < 4.78 is 10.4. The van der Waals surface area contributed by atoms with Gasteiger partial charge in [0.15, 0.2) is 5.96 Å². The number of hydrogen-bond donors (Lipinski definition) is 2. The molecule has 2 N–H and O–H groups in total. The van der Waals surface area contributed by atoms with Gasteiger partial charge in [0.25, 0.3) is 0 Å². The molecule has 0 fully saturated rings. The lowest BCUT2D eigenvalue weighted by molar-refractivity contribution is 0.0698. The van der Waals surface area contributed by atoms with E-state index >= 15 is 0 Å². The number of fused-ring (bicyclic) bond motifs is 1. The minimum absolute atomic E-state index is 0.647. The van der Waals surface area contributed by atoms with Crippen molar-refractivity contribution in [2.24, 2.45) is 4.99 Å². The Morgan fingerprint density at radius 3 is 2.92 bits per heavy atom. The van der Waals surface area contributed by atoms with E-state index in [0.29, 0.717) is 19.8 Å². The van der Waals surface area contributed by atoms with Crippen LogP contribution in [0, 0.1) is 0 Å². The van der Waals surface area contributed by atoms with Crippen molar-refractivity contribution in [2.75, 3.05) is 58.5 Å². The molecule has 0 saturated heterocycles. The molecule has 6 heteroatoms. The van der Waals surface area contributed by atoms with Crippen LogP contribution in [0.5, 0.6) is 0 Å². The Kier molecular flexibility index (Phi) is 9.28. The van der Waals surface area contributed by atoms with E-state index in [1.165, 1.54) is 29.7 Å². The first kappa shape index (κ1) is 20.5. The van der Waals surface area contributed by atoms with E-state index in [1.54, 1.807) is 7.11 Å². The van der Waals surface area contributed by atoms with E-state index in [9.17, 15) is 0 Å². The van der Waals surface area contributed by atoms with E-state index in [-0.39, 0.29) is 0 Å². The number of nitrogens with zero attached hydrogens (tertiary/aromatic N) is 2. The number of hydrogen-bond acceptors (Lipinski definition) is 4. The number of guanidine groups is 1. The van der Waals surface area contributed by atoms with Crippen LogP contribution in [0.4, 0.5) is 5.69 Å². The molecule has 0 atom stereocenters. The molecule has 0 bridgehead atoms. The van der Waals surface area contributed by atoms with Crippen LogP contribution >= 0.6 is 0 Å². The molecule has 146 valence electrons. The van der Waals surface area contributed by atoms with E-state index in [1.807, 2.05) is 0 Å². The second-order valence-corrected chi connectivity index (χ2v) is 6.57. The van der Waals surface area contributed by atoms with Crippen molar-refractivity contribution in [2.45, 2.75) is 32.7 Å². The third-order valence-electron chi connectivity index (χ3n) is 4.45. The van der Waals surface area contributed by atoms with Crippen LogP contribution in [0.15, 0.2) is 23.2 Å². The van der Waals surface area contributed by atoms with Gasteiger partial charge < -0.3 is 25.0 Å². The van der Waals surface area contributed by atoms with Crippen molar-refractivity contribution in [3.63, 3.8) is 0 Å². The largest absolute Gasteiger partial charge is 0.382 e.